The van der Waals surface area contributed by atoms with Crippen molar-refractivity contribution >= 4 is 10.4 Å². The zero-order valence-electron chi connectivity index (χ0n) is 4.45. The Bertz CT molecular complexity index is 97.2. The molecule has 0 heterocycles. The number of hydrogen-bond acceptors (Lipinski definition) is 4. The minimum absolute atomic E-state index is 0. The van der Waals surface area contributed by atoms with Gasteiger partial charge in [-0.2, -0.15) is 0 Å². The Labute approximate surface area is 132 Å². The SMILES string of the molecule is F.O=S(=O)([O-])[O-].[K+].[K+]. The van der Waals surface area contributed by atoms with Crippen LogP contribution in [-0.2, 0) is 10.4 Å². The van der Waals surface area contributed by atoms with Gasteiger partial charge in [0.05, 0.1) is 0 Å². The van der Waals surface area contributed by atoms with Crippen molar-refractivity contribution < 1.29 is 125 Å². The molecule has 0 aliphatic heterocycles. The summed E-state index contributed by atoms with van der Waals surface area (Å²) in [6, 6.07) is 0. The molecule has 0 amide bonds. The van der Waals surface area contributed by atoms with Gasteiger partial charge in [-0.15, -0.1) is 0 Å². The quantitative estimate of drug-likeness (QED) is 0.218. The first-order chi connectivity index (χ1) is 2.00. The van der Waals surface area contributed by atoms with Gasteiger partial charge in [-0.25, -0.2) is 0 Å². The third kappa shape index (κ3) is 62.6. The predicted molar refractivity (Wildman–Crippen MR) is 13.0 cm³/mol. The van der Waals surface area contributed by atoms with E-state index in [4.69, 9.17) is 17.5 Å². The maximum atomic E-state index is 8.52. The van der Waals surface area contributed by atoms with Gasteiger partial charge in [0, 0.05) is 10.4 Å². The van der Waals surface area contributed by atoms with Crippen molar-refractivity contribution in [2.75, 3.05) is 0 Å². The molecule has 4 nitrogen and oxygen atoms in total. The fourth-order valence-electron chi connectivity index (χ4n) is 0. The molecule has 0 aromatic heterocycles. The van der Waals surface area contributed by atoms with Crippen LogP contribution in [0.4, 0.5) is 4.70 Å². The van der Waals surface area contributed by atoms with Crippen LogP contribution in [0.25, 0.3) is 0 Å². The normalized spacial score (nSPS) is 7.25. The molecule has 0 atom stereocenters. The first-order valence-corrected chi connectivity index (χ1v) is 2.00. The fourth-order valence-corrected chi connectivity index (χ4v) is 0. The van der Waals surface area contributed by atoms with Crippen LogP contribution in [0.5, 0.6) is 0 Å². The van der Waals surface area contributed by atoms with Crippen LogP contribution >= 0.6 is 0 Å². The molecule has 0 fully saturated rings. The summed E-state index contributed by atoms with van der Waals surface area (Å²) in [5.74, 6) is 0. The average molecular weight is 194 g/mol. The van der Waals surface area contributed by atoms with Crippen LogP contribution in [0.1, 0.15) is 0 Å². The Balaban J connectivity index is -0.0000000267. The van der Waals surface area contributed by atoms with Crippen molar-refractivity contribution in [3.8, 4) is 0 Å². The van der Waals surface area contributed by atoms with Crippen LogP contribution in [0, 0.1) is 0 Å². The van der Waals surface area contributed by atoms with E-state index >= 15 is 0 Å². The fraction of sp³-hybridized carbons (Fsp3) is 0. The minimum atomic E-state index is -5.17. The molecule has 0 aromatic rings. The van der Waals surface area contributed by atoms with E-state index in [1.807, 2.05) is 0 Å². The number of halogens is 1. The van der Waals surface area contributed by atoms with E-state index in [2.05, 4.69) is 0 Å². The van der Waals surface area contributed by atoms with Crippen molar-refractivity contribution in [1.82, 2.24) is 0 Å². The maximum absolute atomic E-state index is 8.52. The molecule has 0 unspecified atom stereocenters. The Morgan fingerprint density at radius 3 is 1.00 bits per heavy atom. The average Bonchev–Trinajstić information content (AvgIpc) is 0.722. The smallest absolute Gasteiger partial charge is 0.759 e. The van der Waals surface area contributed by atoms with E-state index in [1.165, 1.54) is 0 Å². The standard InChI is InChI=1S/FH.2K.H2O4S/c;;;1-5(2,3)4/h1H;;;(H2,1,2,3,4)/q;2*+1;/p-2. The molecule has 8 heavy (non-hydrogen) atoms. The van der Waals surface area contributed by atoms with Gasteiger partial charge in [-0.1, -0.05) is 0 Å². The van der Waals surface area contributed by atoms with Crippen LogP contribution in [0.2, 0.25) is 0 Å². The summed E-state index contributed by atoms with van der Waals surface area (Å²) in [5, 5.41) is 0. The number of hydrogen-bond donors (Lipinski definition) is 0. The minimum Gasteiger partial charge on any atom is -0.759 e. The Hall–Kier alpha value is 3.07. The summed E-state index contributed by atoms with van der Waals surface area (Å²) in [4.78, 5) is 0. The molecule has 0 aromatic carbocycles. The van der Waals surface area contributed by atoms with E-state index in [-0.39, 0.29) is 107 Å². The van der Waals surface area contributed by atoms with Gasteiger partial charge in [0.15, 0.2) is 0 Å². The largest absolute Gasteiger partial charge is 1.00 e. The van der Waals surface area contributed by atoms with Gasteiger partial charge >= 0.3 is 103 Å². The van der Waals surface area contributed by atoms with Gasteiger partial charge in [0.2, 0.25) is 0 Å². The molecule has 0 rings (SSSR count). The molecule has 0 saturated carbocycles. The van der Waals surface area contributed by atoms with Gasteiger partial charge in [-0.05, 0) is 0 Å². The second-order valence-electron chi connectivity index (χ2n) is 0.408. The van der Waals surface area contributed by atoms with Gasteiger partial charge in [0.25, 0.3) is 0 Å². The Morgan fingerprint density at radius 2 is 1.00 bits per heavy atom. The maximum Gasteiger partial charge on any atom is 1.00 e. The summed E-state index contributed by atoms with van der Waals surface area (Å²) < 4.78 is 34.1. The summed E-state index contributed by atoms with van der Waals surface area (Å²) >= 11 is 0. The summed E-state index contributed by atoms with van der Waals surface area (Å²) in [6.07, 6.45) is 0. The third-order valence-electron chi connectivity index (χ3n) is 0. The molecule has 8 heteroatoms. The van der Waals surface area contributed by atoms with Crippen molar-refractivity contribution in [3.63, 3.8) is 0 Å². The molecule has 0 aliphatic carbocycles. The second-order valence-corrected chi connectivity index (χ2v) is 1.22. The van der Waals surface area contributed by atoms with Crippen molar-refractivity contribution in [2.24, 2.45) is 0 Å². The second kappa shape index (κ2) is 10.1. The first-order valence-electron chi connectivity index (χ1n) is 0.667. The Kier molecular flexibility index (Phi) is 28.3. The van der Waals surface area contributed by atoms with Crippen molar-refractivity contribution in [1.29, 1.82) is 0 Å². The third-order valence-corrected chi connectivity index (χ3v) is 0. The zero-order valence-corrected chi connectivity index (χ0v) is 11.5. The molecule has 0 aliphatic rings. The zero-order chi connectivity index (χ0) is 4.50. The van der Waals surface area contributed by atoms with Crippen LogP contribution in [0.15, 0.2) is 0 Å². The molecule has 0 N–H and O–H groups in total. The molecular formula is HFK2O4S. The van der Waals surface area contributed by atoms with Crippen LogP contribution in [-0.4, -0.2) is 17.5 Å². The van der Waals surface area contributed by atoms with Gasteiger partial charge < -0.3 is 9.11 Å². The molecular weight excluding hydrogens is 193 g/mol. The summed E-state index contributed by atoms with van der Waals surface area (Å²) in [6.45, 7) is 0. The number of rotatable bonds is 0. The van der Waals surface area contributed by atoms with Crippen LogP contribution < -0.4 is 103 Å². The topological polar surface area (TPSA) is 80.3 Å². The van der Waals surface area contributed by atoms with E-state index in [0.29, 0.717) is 0 Å². The molecule has 0 spiro atoms. The van der Waals surface area contributed by atoms with Crippen LogP contribution in [0.3, 0.4) is 0 Å². The first kappa shape index (κ1) is 22.5. The Morgan fingerprint density at radius 1 is 1.00 bits per heavy atom. The van der Waals surface area contributed by atoms with Crippen molar-refractivity contribution in [3.05, 3.63) is 0 Å². The summed E-state index contributed by atoms with van der Waals surface area (Å²) in [7, 11) is -5.17. The summed E-state index contributed by atoms with van der Waals surface area (Å²) in [5.41, 5.74) is 0. The molecule has 0 bridgehead atoms. The molecule has 0 radical (unpaired) electrons. The van der Waals surface area contributed by atoms with E-state index in [9.17, 15) is 0 Å². The predicted octanol–water partition coefficient (Wildman–Crippen LogP) is -7.18. The van der Waals surface area contributed by atoms with E-state index in [0.717, 1.165) is 0 Å². The van der Waals surface area contributed by atoms with Gasteiger partial charge in [0.1, 0.15) is 0 Å². The van der Waals surface area contributed by atoms with E-state index < -0.39 is 10.4 Å². The van der Waals surface area contributed by atoms with E-state index in [1.54, 1.807) is 0 Å². The molecule has 40 valence electrons. The monoisotopic (exact) mass is 194 g/mol. The molecule has 0 saturated heterocycles. The van der Waals surface area contributed by atoms with Crippen molar-refractivity contribution in [2.45, 2.75) is 0 Å². The van der Waals surface area contributed by atoms with Gasteiger partial charge in [-0.3, -0.25) is 13.1 Å².